The van der Waals surface area contributed by atoms with Crippen molar-refractivity contribution >= 4 is 22.9 Å². The Bertz CT molecular complexity index is 522. The molecule has 6 heteroatoms. The summed E-state index contributed by atoms with van der Waals surface area (Å²) in [4.78, 5) is 24.7. The van der Waals surface area contributed by atoms with Crippen LogP contribution in [0.4, 0.5) is 9.18 Å². The zero-order valence-corrected chi connectivity index (χ0v) is 12.1. The van der Waals surface area contributed by atoms with Crippen molar-refractivity contribution in [1.29, 1.82) is 0 Å². The van der Waals surface area contributed by atoms with E-state index in [9.17, 15) is 14.0 Å². The van der Waals surface area contributed by atoms with Crippen molar-refractivity contribution in [2.24, 2.45) is 0 Å². The minimum absolute atomic E-state index is 0.0402. The Labute approximate surface area is 121 Å². The molecule has 0 bridgehead atoms. The van der Waals surface area contributed by atoms with E-state index in [1.54, 1.807) is 24.0 Å². The number of hydrogen-bond acceptors (Lipinski definition) is 3. The number of nitrogens with zero attached hydrogens (tertiary/aromatic N) is 1. The SMILES string of the molecule is Cc1ccc(CNC(=O)CCN2CCSC2=O)cc1F. The molecule has 2 rings (SSSR count). The van der Waals surface area contributed by atoms with Crippen LogP contribution in [0.25, 0.3) is 0 Å². The molecule has 0 atom stereocenters. The van der Waals surface area contributed by atoms with Gasteiger partial charge in [-0.05, 0) is 24.1 Å². The molecule has 4 nitrogen and oxygen atoms in total. The fourth-order valence-electron chi connectivity index (χ4n) is 1.90. The Morgan fingerprint density at radius 1 is 1.50 bits per heavy atom. The average molecular weight is 296 g/mol. The highest BCUT2D eigenvalue weighted by Gasteiger charge is 2.21. The molecule has 1 aromatic carbocycles. The number of halogens is 1. The maximum atomic E-state index is 13.3. The van der Waals surface area contributed by atoms with Crippen LogP contribution in [0.1, 0.15) is 17.5 Å². The van der Waals surface area contributed by atoms with Gasteiger partial charge in [-0.1, -0.05) is 23.9 Å². The maximum Gasteiger partial charge on any atom is 0.281 e. The maximum absolute atomic E-state index is 13.3. The molecule has 1 aliphatic heterocycles. The van der Waals surface area contributed by atoms with Gasteiger partial charge >= 0.3 is 0 Å². The molecule has 1 saturated heterocycles. The molecule has 108 valence electrons. The molecule has 1 aliphatic rings. The van der Waals surface area contributed by atoms with Crippen molar-refractivity contribution in [3.05, 3.63) is 35.1 Å². The number of benzene rings is 1. The summed E-state index contributed by atoms with van der Waals surface area (Å²) < 4.78 is 13.3. The van der Waals surface area contributed by atoms with E-state index in [4.69, 9.17) is 0 Å². The van der Waals surface area contributed by atoms with Crippen LogP contribution in [0.3, 0.4) is 0 Å². The number of carbonyl (C=O) groups excluding carboxylic acids is 2. The van der Waals surface area contributed by atoms with Crippen LogP contribution in [0.2, 0.25) is 0 Å². The Hall–Kier alpha value is -1.56. The van der Waals surface area contributed by atoms with Crippen LogP contribution in [-0.4, -0.2) is 34.9 Å². The molecule has 0 unspecified atom stereocenters. The highest BCUT2D eigenvalue weighted by molar-refractivity contribution is 8.13. The number of amides is 2. The van der Waals surface area contributed by atoms with Crippen molar-refractivity contribution in [3.63, 3.8) is 0 Å². The summed E-state index contributed by atoms with van der Waals surface area (Å²) in [5.74, 6) is 0.399. The number of carbonyl (C=O) groups is 2. The number of thioether (sulfide) groups is 1. The van der Waals surface area contributed by atoms with E-state index in [1.807, 2.05) is 0 Å². The van der Waals surface area contributed by atoms with E-state index >= 15 is 0 Å². The minimum atomic E-state index is -0.267. The molecule has 1 fully saturated rings. The Morgan fingerprint density at radius 2 is 2.30 bits per heavy atom. The van der Waals surface area contributed by atoms with Gasteiger partial charge in [0.25, 0.3) is 5.24 Å². The first-order valence-corrected chi connectivity index (χ1v) is 7.48. The lowest BCUT2D eigenvalue weighted by atomic mass is 10.1. The third kappa shape index (κ3) is 3.96. The van der Waals surface area contributed by atoms with E-state index in [0.717, 1.165) is 11.3 Å². The van der Waals surface area contributed by atoms with Crippen molar-refractivity contribution in [2.75, 3.05) is 18.8 Å². The van der Waals surface area contributed by atoms with Crippen LogP contribution in [0.5, 0.6) is 0 Å². The minimum Gasteiger partial charge on any atom is -0.352 e. The van der Waals surface area contributed by atoms with Gasteiger partial charge in [0.15, 0.2) is 0 Å². The van der Waals surface area contributed by atoms with E-state index in [2.05, 4.69) is 5.32 Å². The van der Waals surface area contributed by atoms with Gasteiger partial charge in [-0.25, -0.2) is 4.39 Å². The van der Waals surface area contributed by atoms with Crippen LogP contribution in [-0.2, 0) is 11.3 Å². The molecule has 0 saturated carbocycles. The largest absolute Gasteiger partial charge is 0.352 e. The Kier molecular flexibility index (Phi) is 5.00. The highest BCUT2D eigenvalue weighted by atomic mass is 32.2. The van der Waals surface area contributed by atoms with Crippen LogP contribution in [0, 0.1) is 12.7 Å². The molecule has 2 amide bonds. The number of rotatable bonds is 5. The van der Waals surface area contributed by atoms with Crippen LogP contribution < -0.4 is 5.32 Å². The summed E-state index contributed by atoms with van der Waals surface area (Å²) in [6.45, 7) is 3.15. The topological polar surface area (TPSA) is 49.4 Å². The second-order valence-electron chi connectivity index (χ2n) is 4.71. The summed E-state index contributed by atoms with van der Waals surface area (Å²) in [5.41, 5.74) is 1.32. The third-order valence-electron chi connectivity index (χ3n) is 3.18. The Balaban J connectivity index is 1.74. The van der Waals surface area contributed by atoms with E-state index < -0.39 is 0 Å². The highest BCUT2D eigenvalue weighted by Crippen LogP contribution is 2.17. The fourth-order valence-corrected chi connectivity index (χ4v) is 2.75. The van der Waals surface area contributed by atoms with Gasteiger partial charge in [-0.15, -0.1) is 0 Å². The first kappa shape index (κ1) is 14.8. The van der Waals surface area contributed by atoms with Gasteiger partial charge in [0.2, 0.25) is 5.91 Å². The number of aryl methyl sites for hydroxylation is 1. The van der Waals surface area contributed by atoms with Crippen molar-refractivity contribution in [1.82, 2.24) is 10.2 Å². The standard InChI is InChI=1S/C14H17FN2O2S/c1-10-2-3-11(8-12(10)15)9-16-13(18)4-5-17-6-7-20-14(17)19/h2-3,8H,4-7,9H2,1H3,(H,16,18). The third-order valence-corrected chi connectivity index (χ3v) is 4.07. The van der Waals surface area contributed by atoms with Gasteiger partial charge in [0.05, 0.1) is 0 Å². The second kappa shape index (κ2) is 6.74. The number of hydrogen-bond donors (Lipinski definition) is 1. The van der Waals surface area contributed by atoms with Gasteiger partial charge in [-0.2, -0.15) is 0 Å². The predicted molar refractivity (Wildman–Crippen MR) is 77.0 cm³/mol. The fraction of sp³-hybridized carbons (Fsp3) is 0.429. The zero-order chi connectivity index (χ0) is 14.5. The molecule has 0 spiro atoms. The van der Waals surface area contributed by atoms with Crippen molar-refractivity contribution in [2.45, 2.75) is 19.9 Å². The summed E-state index contributed by atoms with van der Waals surface area (Å²) >= 11 is 1.28. The lowest BCUT2D eigenvalue weighted by Crippen LogP contribution is -2.30. The first-order chi connectivity index (χ1) is 9.56. The van der Waals surface area contributed by atoms with Gasteiger partial charge in [0.1, 0.15) is 5.82 Å². The predicted octanol–water partition coefficient (Wildman–Crippen LogP) is 2.31. The lowest BCUT2D eigenvalue weighted by Gasteiger charge is -2.14. The number of nitrogens with one attached hydrogen (secondary N) is 1. The molecule has 20 heavy (non-hydrogen) atoms. The molecule has 1 heterocycles. The average Bonchev–Trinajstić information content (AvgIpc) is 2.83. The molecule has 0 aromatic heterocycles. The van der Waals surface area contributed by atoms with E-state index in [-0.39, 0.29) is 23.4 Å². The summed E-state index contributed by atoms with van der Waals surface area (Å²) in [5, 5.41) is 2.77. The molecule has 0 radical (unpaired) electrons. The smallest absolute Gasteiger partial charge is 0.281 e. The van der Waals surface area contributed by atoms with Gasteiger partial charge < -0.3 is 10.2 Å². The van der Waals surface area contributed by atoms with Crippen molar-refractivity contribution in [3.8, 4) is 0 Å². The molecular formula is C14H17FN2O2S. The summed E-state index contributed by atoms with van der Waals surface area (Å²) in [6.07, 6.45) is 0.278. The first-order valence-electron chi connectivity index (χ1n) is 6.49. The normalized spacial score (nSPS) is 14.7. The van der Waals surface area contributed by atoms with E-state index in [1.165, 1.54) is 17.8 Å². The Morgan fingerprint density at radius 3 is 2.95 bits per heavy atom. The summed E-state index contributed by atoms with van der Waals surface area (Å²) in [6, 6.07) is 4.91. The second-order valence-corrected chi connectivity index (χ2v) is 5.76. The lowest BCUT2D eigenvalue weighted by molar-refractivity contribution is -0.121. The quantitative estimate of drug-likeness (QED) is 0.907. The van der Waals surface area contributed by atoms with Crippen molar-refractivity contribution < 1.29 is 14.0 Å². The zero-order valence-electron chi connectivity index (χ0n) is 11.3. The molecule has 1 N–H and O–H groups in total. The van der Waals surface area contributed by atoms with E-state index in [0.29, 0.717) is 25.2 Å². The molecule has 1 aromatic rings. The monoisotopic (exact) mass is 296 g/mol. The van der Waals surface area contributed by atoms with Gasteiger partial charge in [0, 0.05) is 31.8 Å². The van der Waals surface area contributed by atoms with Gasteiger partial charge in [-0.3, -0.25) is 9.59 Å². The summed E-state index contributed by atoms with van der Waals surface area (Å²) in [7, 11) is 0. The molecule has 0 aliphatic carbocycles. The van der Waals surface area contributed by atoms with Crippen LogP contribution >= 0.6 is 11.8 Å². The molecular weight excluding hydrogens is 279 g/mol. The van der Waals surface area contributed by atoms with Crippen LogP contribution in [0.15, 0.2) is 18.2 Å².